The normalized spacial score (nSPS) is 34.2. The Kier molecular flexibility index (Phi) is 7.46. The monoisotopic (exact) mass is 410 g/mol. The Labute approximate surface area is 173 Å². The summed E-state index contributed by atoms with van der Waals surface area (Å²) in [5, 5.41) is 9.56. The Morgan fingerprint density at radius 3 is 2.64 bits per heavy atom. The van der Waals surface area contributed by atoms with Crippen molar-refractivity contribution in [1.29, 1.82) is 0 Å². The summed E-state index contributed by atoms with van der Waals surface area (Å²) in [5.41, 5.74) is 1.43. The summed E-state index contributed by atoms with van der Waals surface area (Å²) < 4.78 is 19.1. The lowest BCUT2D eigenvalue weighted by atomic mass is 9.79. The first-order valence-corrected chi connectivity index (χ1v) is 14.3. The number of aliphatic hydroxyl groups excluding tert-OH is 1. The van der Waals surface area contributed by atoms with Crippen LogP contribution in [0, 0.1) is 17.8 Å². The van der Waals surface area contributed by atoms with Gasteiger partial charge in [-0.1, -0.05) is 32.4 Å². The van der Waals surface area contributed by atoms with Gasteiger partial charge >= 0.3 is 0 Å². The van der Waals surface area contributed by atoms with Crippen molar-refractivity contribution in [2.75, 3.05) is 19.8 Å². The molecular formula is C23H42O4Si. The number of fused-ring (bicyclic) bond motifs is 1. The molecule has 0 amide bonds. The Bertz CT molecular complexity index is 533. The van der Waals surface area contributed by atoms with E-state index in [1.54, 1.807) is 0 Å². The average molecular weight is 411 g/mol. The summed E-state index contributed by atoms with van der Waals surface area (Å²) in [7, 11) is -1.77. The fraction of sp³-hybridized carbons (Fsp3) is 0.913. The van der Waals surface area contributed by atoms with Gasteiger partial charge in [0.15, 0.2) is 14.6 Å². The van der Waals surface area contributed by atoms with E-state index in [-0.39, 0.29) is 24.0 Å². The highest BCUT2D eigenvalue weighted by Crippen LogP contribution is 2.48. The number of hydrogen-bond acceptors (Lipinski definition) is 4. The summed E-state index contributed by atoms with van der Waals surface area (Å²) in [6, 6.07) is 0. The van der Waals surface area contributed by atoms with Crippen LogP contribution in [-0.4, -0.2) is 45.6 Å². The maximum absolute atomic E-state index is 9.33. The molecule has 2 aliphatic carbocycles. The molecule has 0 aromatic heterocycles. The van der Waals surface area contributed by atoms with Gasteiger partial charge in [0.1, 0.15) is 0 Å². The lowest BCUT2D eigenvalue weighted by Gasteiger charge is -2.39. The van der Waals surface area contributed by atoms with Crippen LogP contribution in [0.2, 0.25) is 18.1 Å². The molecule has 0 bridgehead atoms. The van der Waals surface area contributed by atoms with Crippen LogP contribution in [0.1, 0.15) is 65.7 Å². The number of aliphatic hydroxyl groups is 1. The molecule has 0 radical (unpaired) electrons. The minimum atomic E-state index is -1.77. The highest BCUT2D eigenvalue weighted by molar-refractivity contribution is 6.74. The maximum atomic E-state index is 9.33. The molecule has 3 rings (SSSR count). The first-order chi connectivity index (χ1) is 13.2. The van der Waals surface area contributed by atoms with Gasteiger partial charge in [-0.15, -0.1) is 0 Å². The van der Waals surface area contributed by atoms with Crippen LogP contribution >= 0.6 is 0 Å². The van der Waals surface area contributed by atoms with E-state index < -0.39 is 8.32 Å². The zero-order chi connectivity index (χ0) is 20.4. The average Bonchev–Trinajstić information content (AvgIpc) is 2.96. The first-order valence-electron chi connectivity index (χ1n) is 11.4. The molecule has 3 aliphatic rings. The van der Waals surface area contributed by atoms with E-state index in [1.165, 1.54) is 18.4 Å². The third-order valence-electron chi connectivity index (χ3n) is 7.67. The van der Waals surface area contributed by atoms with Crippen molar-refractivity contribution in [1.82, 2.24) is 0 Å². The van der Waals surface area contributed by atoms with E-state index in [0.29, 0.717) is 17.8 Å². The Morgan fingerprint density at radius 1 is 1.21 bits per heavy atom. The van der Waals surface area contributed by atoms with Crippen molar-refractivity contribution < 1.29 is 19.0 Å². The van der Waals surface area contributed by atoms with E-state index in [1.807, 2.05) is 0 Å². The van der Waals surface area contributed by atoms with Crippen LogP contribution in [0.25, 0.3) is 0 Å². The van der Waals surface area contributed by atoms with Crippen molar-refractivity contribution >= 4 is 8.32 Å². The standard InChI is InChI=1S/C23H42O4Si/c1-23(2,3)28(4,5)26-16-20-19-10-9-17(11-12-24)14-18(19)15-21(20)27-22-8-6-7-13-25-22/h14,18-22,24H,6-13,15-16H2,1-5H3/t18-,19-,20+,21-,22?/m1/s1. The van der Waals surface area contributed by atoms with Gasteiger partial charge in [0.25, 0.3) is 0 Å². The molecule has 4 nitrogen and oxygen atoms in total. The molecule has 1 unspecified atom stereocenters. The number of allylic oxidation sites excluding steroid dienone is 1. The maximum Gasteiger partial charge on any atom is 0.191 e. The Balaban J connectivity index is 1.70. The summed E-state index contributed by atoms with van der Waals surface area (Å²) in [4.78, 5) is 0. The molecule has 2 fully saturated rings. The summed E-state index contributed by atoms with van der Waals surface area (Å²) in [5.74, 6) is 1.66. The van der Waals surface area contributed by atoms with E-state index in [9.17, 15) is 5.11 Å². The zero-order valence-corrected chi connectivity index (χ0v) is 19.7. The molecule has 1 saturated carbocycles. The number of hydrogen-bond donors (Lipinski definition) is 1. The second-order valence-electron chi connectivity index (χ2n) is 10.6. The quantitative estimate of drug-likeness (QED) is 0.458. The van der Waals surface area contributed by atoms with Gasteiger partial charge in [-0.25, -0.2) is 0 Å². The molecule has 28 heavy (non-hydrogen) atoms. The van der Waals surface area contributed by atoms with Gasteiger partial charge in [-0.2, -0.15) is 0 Å². The highest BCUT2D eigenvalue weighted by atomic mass is 28.4. The SMILES string of the molecule is CC(C)(C)[Si](C)(C)OC[C@H]1[C@@H]2CCC(CCO)=C[C@@H]2C[C@H]1OC1CCCCO1. The number of ether oxygens (including phenoxy) is 2. The lowest BCUT2D eigenvalue weighted by molar-refractivity contribution is -0.197. The Hall–Kier alpha value is -0.203. The van der Waals surface area contributed by atoms with Gasteiger partial charge < -0.3 is 19.0 Å². The van der Waals surface area contributed by atoms with Gasteiger partial charge in [0.05, 0.1) is 6.10 Å². The lowest BCUT2D eigenvalue weighted by Crippen LogP contribution is -2.44. The summed E-state index contributed by atoms with van der Waals surface area (Å²) in [6.45, 7) is 13.5. The predicted molar refractivity (Wildman–Crippen MR) is 116 cm³/mol. The van der Waals surface area contributed by atoms with E-state index in [4.69, 9.17) is 13.9 Å². The van der Waals surface area contributed by atoms with Crippen molar-refractivity contribution in [2.45, 2.75) is 96.2 Å². The van der Waals surface area contributed by atoms with Crippen LogP contribution < -0.4 is 0 Å². The van der Waals surface area contributed by atoms with Crippen molar-refractivity contribution in [3.63, 3.8) is 0 Å². The molecule has 1 saturated heterocycles. The topological polar surface area (TPSA) is 47.9 Å². The van der Waals surface area contributed by atoms with Crippen LogP contribution in [0.4, 0.5) is 0 Å². The summed E-state index contributed by atoms with van der Waals surface area (Å²) >= 11 is 0. The molecule has 0 aromatic rings. The van der Waals surface area contributed by atoms with Crippen LogP contribution in [0.5, 0.6) is 0 Å². The fourth-order valence-electron chi connectivity index (χ4n) is 4.84. The van der Waals surface area contributed by atoms with Crippen molar-refractivity contribution in [3.05, 3.63) is 11.6 Å². The van der Waals surface area contributed by atoms with Gasteiger partial charge in [-0.05, 0) is 74.9 Å². The largest absolute Gasteiger partial charge is 0.416 e. The highest BCUT2D eigenvalue weighted by Gasteiger charge is 2.47. The molecule has 5 atom stereocenters. The van der Waals surface area contributed by atoms with Crippen LogP contribution in [0.3, 0.4) is 0 Å². The zero-order valence-electron chi connectivity index (χ0n) is 18.7. The minimum Gasteiger partial charge on any atom is -0.416 e. The molecule has 1 heterocycles. The van der Waals surface area contributed by atoms with Crippen molar-refractivity contribution in [2.24, 2.45) is 17.8 Å². The first kappa shape index (κ1) is 22.5. The molecule has 0 aromatic carbocycles. The van der Waals surface area contributed by atoms with Gasteiger partial charge in [0.2, 0.25) is 0 Å². The molecule has 5 heteroatoms. The Morgan fingerprint density at radius 2 is 2.00 bits per heavy atom. The molecule has 1 N–H and O–H groups in total. The fourth-order valence-corrected chi connectivity index (χ4v) is 5.88. The molecule has 0 spiro atoms. The smallest absolute Gasteiger partial charge is 0.191 e. The van der Waals surface area contributed by atoms with E-state index in [0.717, 1.165) is 45.3 Å². The molecule has 1 aliphatic heterocycles. The third kappa shape index (κ3) is 5.28. The van der Waals surface area contributed by atoms with Crippen molar-refractivity contribution in [3.8, 4) is 0 Å². The predicted octanol–water partition coefficient (Wildman–Crippen LogP) is 5.27. The minimum absolute atomic E-state index is 0.0323. The molecular weight excluding hydrogens is 368 g/mol. The van der Waals surface area contributed by atoms with E-state index >= 15 is 0 Å². The summed E-state index contributed by atoms with van der Waals surface area (Å²) in [6.07, 6.45) is 10.2. The second kappa shape index (κ2) is 9.30. The third-order valence-corrected chi connectivity index (χ3v) is 12.2. The molecule has 162 valence electrons. The second-order valence-corrected chi connectivity index (χ2v) is 15.4. The van der Waals surface area contributed by atoms with Crippen LogP contribution in [0.15, 0.2) is 11.6 Å². The number of rotatable bonds is 7. The van der Waals surface area contributed by atoms with Gasteiger partial charge in [0, 0.05) is 25.7 Å². The van der Waals surface area contributed by atoms with E-state index in [2.05, 4.69) is 39.9 Å². The van der Waals surface area contributed by atoms with Gasteiger partial charge in [-0.3, -0.25) is 0 Å². The van der Waals surface area contributed by atoms with Crippen LogP contribution in [-0.2, 0) is 13.9 Å².